The Labute approximate surface area is 125 Å². The summed E-state index contributed by atoms with van der Waals surface area (Å²) in [4.78, 5) is 15.0. The number of ether oxygens (including phenoxy) is 1. The minimum absolute atomic E-state index is 0.0151. The summed E-state index contributed by atoms with van der Waals surface area (Å²) in [6.07, 6.45) is 4.85. The van der Waals surface area contributed by atoms with E-state index in [4.69, 9.17) is 4.74 Å². The third-order valence-corrected chi connectivity index (χ3v) is 4.67. The average Bonchev–Trinajstić information content (AvgIpc) is 3.14. The van der Waals surface area contributed by atoms with Crippen LogP contribution in [0, 0.1) is 5.92 Å². The average molecular weight is 292 g/mol. The molecule has 2 fully saturated rings. The number of carbonyl (C=O) groups excluding carboxylic acids is 1. The molecule has 0 aliphatic carbocycles. The van der Waals surface area contributed by atoms with Gasteiger partial charge in [-0.2, -0.15) is 5.10 Å². The highest BCUT2D eigenvalue weighted by molar-refractivity contribution is 5.81. The molecule has 2 aliphatic rings. The first kappa shape index (κ1) is 14.5. The molecule has 0 radical (unpaired) electrons. The zero-order valence-corrected chi connectivity index (χ0v) is 12.8. The number of nitrogens with zero attached hydrogens (tertiary/aromatic N) is 3. The molecule has 21 heavy (non-hydrogen) atoms. The Morgan fingerprint density at radius 1 is 1.52 bits per heavy atom. The predicted molar refractivity (Wildman–Crippen MR) is 78.9 cm³/mol. The molecule has 6 heteroatoms. The van der Waals surface area contributed by atoms with Gasteiger partial charge < -0.3 is 15.0 Å². The predicted octanol–water partition coefficient (Wildman–Crippen LogP) is 0.361. The number of amides is 1. The molecule has 1 unspecified atom stereocenters. The van der Waals surface area contributed by atoms with Gasteiger partial charge in [0.1, 0.15) is 0 Å². The van der Waals surface area contributed by atoms with E-state index in [1.807, 2.05) is 24.3 Å². The molecule has 1 aromatic heterocycles. The van der Waals surface area contributed by atoms with Gasteiger partial charge in [-0.15, -0.1) is 0 Å². The molecule has 3 atom stereocenters. The summed E-state index contributed by atoms with van der Waals surface area (Å²) >= 11 is 0. The molecule has 0 saturated carbocycles. The number of hydrogen-bond donors (Lipinski definition) is 1. The molecular weight excluding hydrogens is 268 g/mol. The molecule has 6 nitrogen and oxygen atoms in total. The van der Waals surface area contributed by atoms with Crippen molar-refractivity contribution in [2.24, 2.45) is 13.0 Å². The zero-order chi connectivity index (χ0) is 14.8. The van der Waals surface area contributed by atoms with Crippen LogP contribution in [-0.4, -0.2) is 59.5 Å². The molecule has 116 valence electrons. The minimum atomic E-state index is 0.0151. The molecule has 2 saturated heterocycles. The van der Waals surface area contributed by atoms with E-state index in [0.29, 0.717) is 19.8 Å². The standard InChI is InChI=1S/C15H24N4O2/c1-3-12-10-21-5-4-19(12)15(20)14-8-16-7-13(14)11-6-17-18(2)9-11/h6,9,12-14,16H,3-5,7-8,10H2,1-2H3/t12?,13-,14+/m1/s1. The third-order valence-electron chi connectivity index (χ3n) is 4.67. The first-order chi connectivity index (χ1) is 10.2. The molecule has 3 heterocycles. The van der Waals surface area contributed by atoms with Crippen molar-refractivity contribution in [1.29, 1.82) is 0 Å². The number of aromatic nitrogens is 2. The van der Waals surface area contributed by atoms with Crippen molar-refractivity contribution >= 4 is 5.91 Å². The summed E-state index contributed by atoms with van der Waals surface area (Å²) in [6.45, 7) is 5.76. The van der Waals surface area contributed by atoms with Crippen LogP contribution in [0.1, 0.15) is 24.8 Å². The van der Waals surface area contributed by atoms with Crippen molar-refractivity contribution in [1.82, 2.24) is 20.0 Å². The van der Waals surface area contributed by atoms with E-state index in [9.17, 15) is 4.79 Å². The normalized spacial score (nSPS) is 29.8. The second-order valence-electron chi connectivity index (χ2n) is 5.99. The molecule has 1 amide bonds. The second-order valence-corrected chi connectivity index (χ2v) is 5.99. The minimum Gasteiger partial charge on any atom is -0.377 e. The Hall–Kier alpha value is -1.40. The van der Waals surface area contributed by atoms with Gasteiger partial charge in [0.15, 0.2) is 0 Å². The van der Waals surface area contributed by atoms with Crippen LogP contribution >= 0.6 is 0 Å². The van der Waals surface area contributed by atoms with E-state index in [-0.39, 0.29) is 23.8 Å². The first-order valence-corrected chi connectivity index (χ1v) is 7.78. The van der Waals surface area contributed by atoms with E-state index < -0.39 is 0 Å². The van der Waals surface area contributed by atoms with Crippen LogP contribution in [0.5, 0.6) is 0 Å². The van der Waals surface area contributed by atoms with E-state index in [2.05, 4.69) is 17.3 Å². The zero-order valence-electron chi connectivity index (χ0n) is 12.8. The van der Waals surface area contributed by atoms with E-state index >= 15 is 0 Å². The summed E-state index contributed by atoms with van der Waals surface area (Å²) in [5, 5.41) is 7.61. The largest absolute Gasteiger partial charge is 0.377 e. The van der Waals surface area contributed by atoms with Crippen molar-refractivity contribution in [3.8, 4) is 0 Å². The van der Waals surface area contributed by atoms with Crippen molar-refractivity contribution in [3.05, 3.63) is 18.0 Å². The summed E-state index contributed by atoms with van der Waals surface area (Å²) in [5.74, 6) is 0.511. The lowest BCUT2D eigenvalue weighted by Gasteiger charge is -2.37. The van der Waals surface area contributed by atoms with Crippen molar-refractivity contribution in [2.45, 2.75) is 25.3 Å². The van der Waals surface area contributed by atoms with Crippen LogP contribution in [0.25, 0.3) is 0 Å². The van der Waals surface area contributed by atoms with Gasteiger partial charge in [0, 0.05) is 38.8 Å². The van der Waals surface area contributed by atoms with E-state index in [0.717, 1.165) is 25.1 Å². The smallest absolute Gasteiger partial charge is 0.228 e. The molecule has 3 rings (SSSR count). The van der Waals surface area contributed by atoms with Gasteiger partial charge in [-0.1, -0.05) is 6.92 Å². The van der Waals surface area contributed by atoms with Gasteiger partial charge in [0.25, 0.3) is 0 Å². The highest BCUT2D eigenvalue weighted by Gasteiger charge is 2.39. The first-order valence-electron chi connectivity index (χ1n) is 7.78. The monoisotopic (exact) mass is 292 g/mol. The van der Waals surface area contributed by atoms with Crippen molar-refractivity contribution < 1.29 is 9.53 Å². The summed E-state index contributed by atoms with van der Waals surface area (Å²) in [5.41, 5.74) is 1.15. The quantitative estimate of drug-likeness (QED) is 0.874. The maximum atomic E-state index is 13.0. The van der Waals surface area contributed by atoms with Crippen molar-refractivity contribution in [3.63, 3.8) is 0 Å². The van der Waals surface area contributed by atoms with Crippen LogP contribution in [-0.2, 0) is 16.6 Å². The fourth-order valence-corrected chi connectivity index (χ4v) is 3.42. The van der Waals surface area contributed by atoms with E-state index in [1.54, 1.807) is 4.68 Å². The highest BCUT2D eigenvalue weighted by Crippen LogP contribution is 2.30. The molecule has 1 aromatic rings. The van der Waals surface area contributed by atoms with Crippen LogP contribution in [0.3, 0.4) is 0 Å². The number of nitrogens with one attached hydrogen (secondary N) is 1. The number of hydrogen-bond acceptors (Lipinski definition) is 4. The lowest BCUT2D eigenvalue weighted by Crippen LogP contribution is -2.51. The summed E-state index contributed by atoms with van der Waals surface area (Å²) in [6, 6.07) is 0.224. The second kappa shape index (κ2) is 6.15. The highest BCUT2D eigenvalue weighted by atomic mass is 16.5. The lowest BCUT2D eigenvalue weighted by molar-refractivity contribution is -0.144. The third kappa shape index (κ3) is 2.82. The molecule has 0 aromatic carbocycles. The van der Waals surface area contributed by atoms with Gasteiger partial charge in [0.2, 0.25) is 5.91 Å². The van der Waals surface area contributed by atoms with Gasteiger partial charge in [-0.3, -0.25) is 9.48 Å². The number of morpholine rings is 1. The van der Waals surface area contributed by atoms with Gasteiger partial charge >= 0.3 is 0 Å². The van der Waals surface area contributed by atoms with Crippen molar-refractivity contribution in [2.75, 3.05) is 32.8 Å². The number of rotatable bonds is 3. The molecule has 0 spiro atoms. The summed E-state index contributed by atoms with van der Waals surface area (Å²) in [7, 11) is 1.91. The summed E-state index contributed by atoms with van der Waals surface area (Å²) < 4.78 is 7.31. The van der Waals surface area contributed by atoms with Gasteiger partial charge in [-0.25, -0.2) is 0 Å². The van der Waals surface area contributed by atoms with Crippen LogP contribution in [0.15, 0.2) is 12.4 Å². The topological polar surface area (TPSA) is 59.4 Å². The van der Waals surface area contributed by atoms with Gasteiger partial charge in [-0.05, 0) is 12.0 Å². The van der Waals surface area contributed by atoms with Crippen LogP contribution < -0.4 is 5.32 Å². The Morgan fingerprint density at radius 2 is 2.38 bits per heavy atom. The molecule has 2 aliphatic heterocycles. The maximum Gasteiger partial charge on any atom is 0.228 e. The number of aryl methyl sites for hydroxylation is 1. The molecule has 0 bridgehead atoms. The van der Waals surface area contributed by atoms with Gasteiger partial charge in [0.05, 0.1) is 31.4 Å². The molecule has 1 N–H and O–H groups in total. The Kier molecular flexibility index (Phi) is 4.26. The fraction of sp³-hybridized carbons (Fsp3) is 0.733. The number of carbonyl (C=O) groups is 1. The SMILES string of the molecule is CCC1COCCN1C(=O)[C@H]1CNC[C@@H]1c1cnn(C)c1. The fourth-order valence-electron chi connectivity index (χ4n) is 3.42. The Bertz CT molecular complexity index is 502. The molecular formula is C15H24N4O2. The lowest BCUT2D eigenvalue weighted by atomic mass is 9.89. The van der Waals surface area contributed by atoms with Crippen LogP contribution in [0.4, 0.5) is 0 Å². The van der Waals surface area contributed by atoms with Crippen LogP contribution in [0.2, 0.25) is 0 Å². The Balaban J connectivity index is 1.76. The maximum absolute atomic E-state index is 13.0. The van der Waals surface area contributed by atoms with E-state index in [1.165, 1.54) is 0 Å². The Morgan fingerprint density at radius 3 is 3.10 bits per heavy atom.